The van der Waals surface area contributed by atoms with Gasteiger partial charge in [0.15, 0.2) is 0 Å². The molecule has 2 amide bonds. The molecule has 2 aliphatic rings. The summed E-state index contributed by atoms with van der Waals surface area (Å²) in [5.74, 6) is 0.203. The van der Waals surface area contributed by atoms with E-state index in [-0.39, 0.29) is 11.8 Å². The fourth-order valence-electron chi connectivity index (χ4n) is 3.55. The maximum atomic E-state index is 12.4. The summed E-state index contributed by atoms with van der Waals surface area (Å²) in [6.07, 6.45) is 0.895. The SMILES string of the molecule is CCc1ccccc1NC(=O)CN1CCN(CC(=O)N2CCOCC2)CC1. The van der Waals surface area contributed by atoms with Crippen LogP contribution in [0.2, 0.25) is 0 Å². The van der Waals surface area contributed by atoms with Gasteiger partial charge in [-0.25, -0.2) is 0 Å². The Morgan fingerprint density at radius 2 is 1.59 bits per heavy atom. The molecule has 2 saturated heterocycles. The van der Waals surface area contributed by atoms with Gasteiger partial charge in [0.05, 0.1) is 26.3 Å². The van der Waals surface area contributed by atoms with Gasteiger partial charge in [-0.2, -0.15) is 0 Å². The lowest BCUT2D eigenvalue weighted by Gasteiger charge is -2.35. The molecule has 1 aromatic carbocycles. The van der Waals surface area contributed by atoms with Gasteiger partial charge in [0.1, 0.15) is 0 Å². The minimum Gasteiger partial charge on any atom is -0.378 e. The van der Waals surface area contributed by atoms with Crippen LogP contribution in [-0.4, -0.2) is 92.1 Å². The Morgan fingerprint density at radius 3 is 2.26 bits per heavy atom. The molecule has 7 nitrogen and oxygen atoms in total. The molecule has 1 aromatic rings. The van der Waals surface area contributed by atoms with E-state index in [0.29, 0.717) is 39.4 Å². The van der Waals surface area contributed by atoms with Gasteiger partial charge in [0.2, 0.25) is 11.8 Å². The van der Waals surface area contributed by atoms with E-state index in [0.717, 1.165) is 43.9 Å². The van der Waals surface area contributed by atoms with Crippen LogP contribution in [0, 0.1) is 0 Å². The van der Waals surface area contributed by atoms with Gasteiger partial charge in [-0.1, -0.05) is 25.1 Å². The molecule has 0 radical (unpaired) electrons. The average molecular weight is 374 g/mol. The number of ether oxygens (including phenoxy) is 1. The monoisotopic (exact) mass is 374 g/mol. The molecule has 148 valence electrons. The fourth-order valence-corrected chi connectivity index (χ4v) is 3.55. The highest BCUT2D eigenvalue weighted by molar-refractivity contribution is 5.93. The van der Waals surface area contributed by atoms with Crippen molar-refractivity contribution >= 4 is 17.5 Å². The molecule has 0 spiro atoms. The number of anilines is 1. The number of aryl methyl sites for hydroxylation is 1. The van der Waals surface area contributed by atoms with Crippen LogP contribution in [-0.2, 0) is 20.7 Å². The Balaban J connectivity index is 1.40. The van der Waals surface area contributed by atoms with E-state index in [4.69, 9.17) is 4.74 Å². The average Bonchev–Trinajstić information content (AvgIpc) is 2.70. The lowest BCUT2D eigenvalue weighted by Crippen LogP contribution is -2.52. The molecule has 0 aromatic heterocycles. The Kier molecular flexibility index (Phi) is 7.20. The lowest BCUT2D eigenvalue weighted by molar-refractivity contribution is -0.137. The second-order valence-corrected chi connectivity index (χ2v) is 7.10. The van der Waals surface area contributed by atoms with Crippen LogP contribution >= 0.6 is 0 Å². The van der Waals surface area contributed by atoms with E-state index < -0.39 is 0 Å². The van der Waals surface area contributed by atoms with E-state index in [1.807, 2.05) is 29.2 Å². The van der Waals surface area contributed by atoms with E-state index >= 15 is 0 Å². The summed E-state index contributed by atoms with van der Waals surface area (Å²) in [6, 6.07) is 7.93. The van der Waals surface area contributed by atoms with Crippen LogP contribution in [0.5, 0.6) is 0 Å². The number of benzene rings is 1. The van der Waals surface area contributed by atoms with Crippen molar-refractivity contribution in [3.8, 4) is 0 Å². The highest BCUT2D eigenvalue weighted by atomic mass is 16.5. The Morgan fingerprint density at radius 1 is 0.963 bits per heavy atom. The highest BCUT2D eigenvalue weighted by Gasteiger charge is 2.23. The summed E-state index contributed by atoms with van der Waals surface area (Å²) in [5.41, 5.74) is 2.05. The first kappa shape index (κ1) is 19.8. The zero-order chi connectivity index (χ0) is 19.1. The molecular weight excluding hydrogens is 344 g/mol. The molecule has 1 N–H and O–H groups in total. The number of nitrogens with zero attached hydrogens (tertiary/aromatic N) is 3. The van der Waals surface area contributed by atoms with Gasteiger partial charge < -0.3 is 15.0 Å². The Bertz CT molecular complexity index is 638. The van der Waals surface area contributed by atoms with Gasteiger partial charge in [0.25, 0.3) is 0 Å². The quantitative estimate of drug-likeness (QED) is 0.793. The molecule has 0 aliphatic carbocycles. The number of nitrogens with one attached hydrogen (secondary N) is 1. The zero-order valence-corrected chi connectivity index (χ0v) is 16.2. The van der Waals surface area contributed by atoms with Gasteiger partial charge in [-0.05, 0) is 18.1 Å². The van der Waals surface area contributed by atoms with Crippen LogP contribution < -0.4 is 5.32 Å². The minimum absolute atomic E-state index is 0.0220. The number of amides is 2. The number of carbonyl (C=O) groups excluding carboxylic acids is 2. The molecule has 7 heteroatoms. The summed E-state index contributed by atoms with van der Waals surface area (Å²) in [5, 5.41) is 3.03. The van der Waals surface area contributed by atoms with Crippen molar-refractivity contribution in [3.63, 3.8) is 0 Å². The van der Waals surface area contributed by atoms with Crippen LogP contribution in [0.15, 0.2) is 24.3 Å². The number of morpholine rings is 1. The fraction of sp³-hybridized carbons (Fsp3) is 0.600. The zero-order valence-electron chi connectivity index (χ0n) is 16.2. The summed E-state index contributed by atoms with van der Waals surface area (Å²) < 4.78 is 5.30. The Labute approximate surface area is 161 Å². The predicted molar refractivity (Wildman–Crippen MR) is 105 cm³/mol. The molecule has 2 aliphatic heterocycles. The molecule has 2 fully saturated rings. The normalized spacial score (nSPS) is 19.1. The van der Waals surface area contributed by atoms with Gasteiger partial charge in [-0.15, -0.1) is 0 Å². The standard InChI is InChI=1S/C20H30N4O3/c1-2-17-5-3-4-6-18(17)21-19(25)15-22-7-9-23(10-8-22)16-20(26)24-11-13-27-14-12-24/h3-6H,2,7-16H2,1H3,(H,21,25). The van der Waals surface area contributed by atoms with Crippen molar-refractivity contribution in [2.45, 2.75) is 13.3 Å². The first-order valence-corrected chi connectivity index (χ1v) is 9.83. The van der Waals surface area contributed by atoms with Gasteiger partial charge >= 0.3 is 0 Å². The third kappa shape index (κ3) is 5.76. The van der Waals surface area contributed by atoms with Crippen molar-refractivity contribution in [3.05, 3.63) is 29.8 Å². The van der Waals surface area contributed by atoms with E-state index in [9.17, 15) is 9.59 Å². The molecule has 27 heavy (non-hydrogen) atoms. The van der Waals surface area contributed by atoms with Crippen molar-refractivity contribution < 1.29 is 14.3 Å². The first-order chi connectivity index (χ1) is 13.2. The van der Waals surface area contributed by atoms with Crippen molar-refractivity contribution in [2.75, 3.05) is 70.9 Å². The largest absolute Gasteiger partial charge is 0.378 e. The second-order valence-electron chi connectivity index (χ2n) is 7.10. The number of hydrogen-bond acceptors (Lipinski definition) is 5. The maximum Gasteiger partial charge on any atom is 0.238 e. The summed E-state index contributed by atoms with van der Waals surface area (Å²) in [7, 11) is 0. The first-order valence-electron chi connectivity index (χ1n) is 9.83. The smallest absolute Gasteiger partial charge is 0.238 e. The molecule has 0 unspecified atom stereocenters. The number of piperazine rings is 1. The van der Waals surface area contributed by atoms with E-state index in [1.54, 1.807) is 0 Å². The van der Waals surface area contributed by atoms with Gasteiger partial charge in [-0.3, -0.25) is 19.4 Å². The highest BCUT2D eigenvalue weighted by Crippen LogP contribution is 2.15. The Hall–Kier alpha value is -1.96. The minimum atomic E-state index is 0.0220. The molecule has 3 rings (SSSR count). The summed E-state index contributed by atoms with van der Waals surface area (Å²) in [4.78, 5) is 30.9. The van der Waals surface area contributed by atoms with Gasteiger partial charge in [0, 0.05) is 45.0 Å². The molecular formula is C20H30N4O3. The molecule has 0 atom stereocenters. The molecule has 0 saturated carbocycles. The van der Waals surface area contributed by atoms with Crippen molar-refractivity contribution in [1.29, 1.82) is 0 Å². The topological polar surface area (TPSA) is 65.1 Å². The number of rotatable bonds is 6. The van der Waals surface area contributed by atoms with Crippen LogP contribution in [0.25, 0.3) is 0 Å². The third-order valence-corrected chi connectivity index (χ3v) is 5.23. The third-order valence-electron chi connectivity index (χ3n) is 5.23. The van der Waals surface area contributed by atoms with E-state index in [2.05, 4.69) is 22.0 Å². The lowest BCUT2D eigenvalue weighted by atomic mass is 10.1. The van der Waals surface area contributed by atoms with Crippen LogP contribution in [0.3, 0.4) is 0 Å². The number of hydrogen-bond donors (Lipinski definition) is 1. The van der Waals surface area contributed by atoms with Crippen LogP contribution in [0.1, 0.15) is 12.5 Å². The summed E-state index contributed by atoms with van der Waals surface area (Å²) in [6.45, 7) is 8.83. The number of para-hydroxylation sites is 1. The molecule has 0 bridgehead atoms. The predicted octanol–water partition coefficient (Wildman–Crippen LogP) is 0.664. The van der Waals surface area contributed by atoms with Crippen molar-refractivity contribution in [2.24, 2.45) is 0 Å². The van der Waals surface area contributed by atoms with E-state index in [1.165, 1.54) is 0 Å². The maximum absolute atomic E-state index is 12.4. The second kappa shape index (κ2) is 9.82. The molecule has 2 heterocycles. The number of carbonyl (C=O) groups is 2. The van der Waals surface area contributed by atoms with Crippen LogP contribution in [0.4, 0.5) is 5.69 Å². The van der Waals surface area contributed by atoms with Crippen molar-refractivity contribution in [1.82, 2.24) is 14.7 Å². The summed E-state index contributed by atoms with van der Waals surface area (Å²) >= 11 is 0.